The molecule has 0 saturated carbocycles. The highest BCUT2D eigenvalue weighted by molar-refractivity contribution is 7.47. The predicted octanol–water partition coefficient (Wildman–Crippen LogP) is 4.97. The standard InChI is InChI=1S/C27H33FN7O6P/c1-3-11-35(41-42(37,38)40-4-2)12-6-13-39-22-9-10-23-24(17-22)29-18-30-27(23)32-25-15-21(33-34-25)16-26(36)31-20-8-5-7-19(28)14-20/h5,7-10,14-15,17-18H,3-4,6,11-13,16H2,1-2H3,(H,31,36)(H,37,38)(H2,29,30,32,33,34). The fourth-order valence-corrected chi connectivity index (χ4v) is 4.84. The Labute approximate surface area is 242 Å². The summed E-state index contributed by atoms with van der Waals surface area (Å²) < 4.78 is 41.1. The Morgan fingerprint density at radius 3 is 2.79 bits per heavy atom. The number of hydrogen-bond acceptors (Lipinski definition) is 10. The molecule has 1 amide bonds. The number of rotatable bonds is 16. The molecule has 0 aliphatic rings. The molecule has 1 atom stereocenters. The largest absolute Gasteiger partial charge is 0.493 e. The summed E-state index contributed by atoms with van der Waals surface area (Å²) in [7, 11) is -4.13. The van der Waals surface area contributed by atoms with E-state index in [1.54, 1.807) is 31.2 Å². The number of anilines is 3. The first-order valence-corrected chi connectivity index (χ1v) is 14.9. The van der Waals surface area contributed by atoms with Crippen molar-refractivity contribution in [3.05, 3.63) is 66.4 Å². The molecule has 0 aliphatic carbocycles. The summed E-state index contributed by atoms with van der Waals surface area (Å²) in [5.74, 6) is 0.823. The van der Waals surface area contributed by atoms with Gasteiger partial charge in [-0.2, -0.15) is 14.8 Å². The van der Waals surface area contributed by atoms with Crippen molar-refractivity contribution in [2.24, 2.45) is 0 Å². The molecule has 1 unspecified atom stereocenters. The van der Waals surface area contributed by atoms with E-state index in [0.717, 1.165) is 11.8 Å². The zero-order valence-corrected chi connectivity index (χ0v) is 24.1. The van der Waals surface area contributed by atoms with Crippen molar-refractivity contribution >= 4 is 42.0 Å². The molecule has 0 saturated heterocycles. The van der Waals surface area contributed by atoms with Crippen LogP contribution in [0.5, 0.6) is 5.75 Å². The Kier molecular flexibility index (Phi) is 10.9. The highest BCUT2D eigenvalue weighted by Gasteiger charge is 2.24. The molecular weight excluding hydrogens is 568 g/mol. The molecule has 0 radical (unpaired) electrons. The van der Waals surface area contributed by atoms with Gasteiger partial charge in [-0.1, -0.05) is 13.0 Å². The van der Waals surface area contributed by atoms with Crippen molar-refractivity contribution in [2.45, 2.75) is 33.1 Å². The van der Waals surface area contributed by atoms with Crippen LogP contribution in [0.15, 0.2) is 54.9 Å². The van der Waals surface area contributed by atoms with Crippen molar-refractivity contribution in [2.75, 3.05) is 36.9 Å². The van der Waals surface area contributed by atoms with Gasteiger partial charge in [0.05, 0.1) is 25.2 Å². The summed E-state index contributed by atoms with van der Waals surface area (Å²) in [6, 6.07) is 12.8. The Bertz CT molecular complexity index is 1540. The van der Waals surface area contributed by atoms with E-state index >= 15 is 0 Å². The number of carbonyl (C=O) groups excluding carboxylic acids is 1. The fourth-order valence-electron chi connectivity index (χ4n) is 4.01. The Balaban J connectivity index is 1.31. The molecule has 0 bridgehead atoms. The average molecular weight is 602 g/mol. The van der Waals surface area contributed by atoms with Gasteiger partial charge in [0.1, 0.15) is 23.7 Å². The predicted molar refractivity (Wildman–Crippen MR) is 155 cm³/mol. The second-order valence-corrected chi connectivity index (χ2v) is 10.5. The van der Waals surface area contributed by atoms with Gasteiger partial charge in [0.2, 0.25) is 5.91 Å². The summed E-state index contributed by atoms with van der Waals surface area (Å²) in [4.78, 5) is 30.7. The van der Waals surface area contributed by atoms with Crippen molar-refractivity contribution in [1.29, 1.82) is 0 Å². The molecule has 2 aromatic carbocycles. The molecule has 42 heavy (non-hydrogen) atoms. The third-order valence-corrected chi connectivity index (χ3v) is 6.77. The number of aromatic nitrogens is 4. The highest BCUT2D eigenvalue weighted by atomic mass is 31.2. The molecule has 0 spiro atoms. The van der Waals surface area contributed by atoms with Crippen LogP contribution in [0, 0.1) is 5.82 Å². The van der Waals surface area contributed by atoms with Gasteiger partial charge in [0.15, 0.2) is 5.82 Å². The van der Waals surface area contributed by atoms with E-state index in [9.17, 15) is 18.6 Å². The number of phosphoric acid groups is 1. The third-order valence-electron chi connectivity index (χ3n) is 5.75. The van der Waals surface area contributed by atoms with Gasteiger partial charge in [-0.3, -0.25) is 14.4 Å². The topological polar surface area (TPSA) is 164 Å². The number of benzene rings is 2. The molecule has 2 aromatic heterocycles. The summed E-state index contributed by atoms with van der Waals surface area (Å²) in [5, 5.41) is 14.9. The first-order valence-electron chi connectivity index (χ1n) is 13.4. The normalized spacial score (nSPS) is 12.8. The maximum Gasteiger partial charge on any atom is 0.488 e. The van der Waals surface area contributed by atoms with Crippen LogP contribution < -0.4 is 15.4 Å². The lowest BCUT2D eigenvalue weighted by atomic mass is 10.2. The van der Waals surface area contributed by atoms with Crippen LogP contribution in [0.3, 0.4) is 0 Å². The minimum atomic E-state index is -4.13. The third kappa shape index (κ3) is 9.29. The number of hydroxylamine groups is 2. The van der Waals surface area contributed by atoms with E-state index in [4.69, 9.17) is 13.9 Å². The number of fused-ring (bicyclic) bond motifs is 1. The number of H-pyrrole nitrogens is 1. The van der Waals surface area contributed by atoms with E-state index in [-0.39, 0.29) is 18.9 Å². The van der Waals surface area contributed by atoms with Crippen molar-refractivity contribution in [1.82, 2.24) is 25.2 Å². The van der Waals surface area contributed by atoms with E-state index in [1.807, 2.05) is 13.0 Å². The Hall–Kier alpha value is -3.94. The molecule has 4 rings (SSSR count). The van der Waals surface area contributed by atoms with Gasteiger partial charge in [0, 0.05) is 42.0 Å². The number of halogens is 1. The second-order valence-electron chi connectivity index (χ2n) is 9.14. The minimum Gasteiger partial charge on any atom is -0.493 e. The number of nitrogens with zero attached hydrogens (tertiary/aromatic N) is 4. The monoisotopic (exact) mass is 601 g/mol. The van der Waals surface area contributed by atoms with Crippen molar-refractivity contribution in [3.8, 4) is 5.75 Å². The molecule has 4 N–H and O–H groups in total. The van der Waals surface area contributed by atoms with Gasteiger partial charge in [-0.05, 0) is 50.1 Å². The number of nitrogens with one attached hydrogen (secondary N) is 3. The zero-order valence-electron chi connectivity index (χ0n) is 23.2. The van der Waals surface area contributed by atoms with Gasteiger partial charge >= 0.3 is 7.82 Å². The number of hydrogen-bond donors (Lipinski definition) is 4. The van der Waals surface area contributed by atoms with Crippen LogP contribution in [0.2, 0.25) is 0 Å². The lowest BCUT2D eigenvalue weighted by molar-refractivity contribution is -0.115. The summed E-state index contributed by atoms with van der Waals surface area (Å²) in [5.41, 5.74) is 1.57. The van der Waals surface area contributed by atoms with E-state index in [1.165, 1.54) is 29.6 Å². The molecule has 0 fully saturated rings. The highest BCUT2D eigenvalue weighted by Crippen LogP contribution is 2.44. The zero-order chi connectivity index (χ0) is 30.0. The second kappa shape index (κ2) is 14.8. The lowest BCUT2D eigenvalue weighted by Gasteiger charge is -2.23. The Morgan fingerprint density at radius 1 is 1.14 bits per heavy atom. The lowest BCUT2D eigenvalue weighted by Crippen LogP contribution is -2.26. The first kappa shape index (κ1) is 31.0. The molecule has 224 valence electrons. The number of phosphoric ester groups is 1. The number of ether oxygens (including phenoxy) is 1. The van der Waals surface area contributed by atoms with Crippen molar-refractivity contribution in [3.63, 3.8) is 0 Å². The first-order chi connectivity index (χ1) is 20.2. The summed E-state index contributed by atoms with van der Waals surface area (Å²) in [6.45, 7) is 4.83. The van der Waals surface area contributed by atoms with E-state index < -0.39 is 13.6 Å². The van der Waals surface area contributed by atoms with Gasteiger partial charge in [-0.25, -0.2) is 18.9 Å². The maximum absolute atomic E-state index is 13.4. The van der Waals surface area contributed by atoms with Gasteiger partial charge < -0.3 is 20.3 Å². The van der Waals surface area contributed by atoms with Crippen LogP contribution in [-0.4, -0.2) is 62.3 Å². The minimum absolute atomic E-state index is 0.0184. The smallest absolute Gasteiger partial charge is 0.488 e. The SMILES string of the molecule is CCCN(CCCOc1ccc2c(Nc3cc(CC(=O)Nc4cccc(F)c4)[nH]n3)ncnc2c1)OP(=O)(O)OCC. The van der Waals surface area contributed by atoms with Gasteiger partial charge in [0.25, 0.3) is 0 Å². The number of amides is 1. The summed E-state index contributed by atoms with van der Waals surface area (Å²) >= 11 is 0. The number of aromatic amines is 1. The molecule has 4 aromatic rings. The summed E-state index contributed by atoms with van der Waals surface area (Å²) in [6.07, 6.45) is 2.71. The molecule has 15 heteroatoms. The van der Waals surface area contributed by atoms with Crippen LogP contribution >= 0.6 is 7.82 Å². The average Bonchev–Trinajstić information content (AvgIpc) is 3.37. The van der Waals surface area contributed by atoms with Crippen LogP contribution in [0.4, 0.5) is 21.7 Å². The van der Waals surface area contributed by atoms with Crippen molar-refractivity contribution < 1.29 is 32.5 Å². The van der Waals surface area contributed by atoms with Crippen LogP contribution in [0.1, 0.15) is 32.4 Å². The van der Waals surface area contributed by atoms with Gasteiger partial charge in [-0.15, -0.1) is 0 Å². The van der Waals surface area contributed by atoms with Crippen LogP contribution in [0.25, 0.3) is 10.9 Å². The number of carbonyl (C=O) groups is 1. The molecular formula is C27H33FN7O6P. The van der Waals surface area contributed by atoms with E-state index in [0.29, 0.717) is 60.4 Å². The molecule has 2 heterocycles. The maximum atomic E-state index is 13.4. The van der Waals surface area contributed by atoms with E-state index in [2.05, 4.69) is 30.8 Å². The molecule has 0 aliphatic heterocycles. The fraction of sp³-hybridized carbons (Fsp3) is 0.333. The van der Waals surface area contributed by atoms with Crippen LogP contribution in [-0.2, 0) is 24.9 Å². The quantitative estimate of drug-likeness (QED) is 0.0779. The molecule has 13 nitrogen and oxygen atoms in total. The Morgan fingerprint density at radius 2 is 2.00 bits per heavy atom.